The minimum absolute atomic E-state index is 0.0897. The zero-order valence-corrected chi connectivity index (χ0v) is 16.2. The van der Waals surface area contributed by atoms with Gasteiger partial charge in [0.2, 0.25) is 5.91 Å². The van der Waals surface area contributed by atoms with Crippen LogP contribution in [0.5, 0.6) is 5.75 Å². The van der Waals surface area contributed by atoms with E-state index < -0.39 is 0 Å². The van der Waals surface area contributed by atoms with Crippen LogP contribution in [0.2, 0.25) is 0 Å². The number of nitrogens with zero attached hydrogens (tertiary/aromatic N) is 1. The number of aromatic nitrogens is 1. The second kappa shape index (κ2) is 9.30. The highest BCUT2D eigenvalue weighted by Crippen LogP contribution is 2.26. The van der Waals surface area contributed by atoms with Gasteiger partial charge in [0, 0.05) is 23.7 Å². The van der Waals surface area contributed by atoms with Crippen LogP contribution in [0.3, 0.4) is 0 Å². The predicted molar refractivity (Wildman–Crippen MR) is 108 cm³/mol. The molecule has 0 aliphatic carbocycles. The average molecular weight is 382 g/mol. The fourth-order valence-electron chi connectivity index (χ4n) is 2.66. The number of thiazole rings is 1. The monoisotopic (exact) mass is 382 g/mol. The molecular formula is C21H22N2O3S. The van der Waals surface area contributed by atoms with E-state index in [-0.39, 0.29) is 12.3 Å². The lowest BCUT2D eigenvalue weighted by molar-refractivity contribution is -0.115. The Bertz CT molecular complexity index is 890. The standard InChI is InChI=1S/C21H22N2O3S/c1-3-26-19-9-7-16(8-10-19)21-23-18(14-27-21)12-20(24)22-17-6-4-5-15(11-17)13-25-2/h4-11,14H,3,12-13H2,1-2H3,(H,22,24). The van der Waals surface area contributed by atoms with Gasteiger partial charge in [0.05, 0.1) is 25.3 Å². The summed E-state index contributed by atoms with van der Waals surface area (Å²) in [5.41, 5.74) is 3.55. The zero-order chi connectivity index (χ0) is 19.1. The molecule has 0 aliphatic heterocycles. The summed E-state index contributed by atoms with van der Waals surface area (Å²) in [7, 11) is 1.65. The van der Waals surface area contributed by atoms with Gasteiger partial charge >= 0.3 is 0 Å². The molecule has 0 radical (unpaired) electrons. The minimum Gasteiger partial charge on any atom is -0.494 e. The number of hydrogen-bond donors (Lipinski definition) is 1. The van der Waals surface area contributed by atoms with Crippen LogP contribution in [0, 0.1) is 0 Å². The first kappa shape index (κ1) is 19.1. The third-order valence-corrected chi connectivity index (χ3v) is 4.77. The van der Waals surface area contributed by atoms with Crippen LogP contribution in [0.15, 0.2) is 53.9 Å². The number of amides is 1. The van der Waals surface area contributed by atoms with Crippen molar-refractivity contribution in [3.63, 3.8) is 0 Å². The normalized spacial score (nSPS) is 10.6. The maximum atomic E-state index is 12.3. The van der Waals surface area contributed by atoms with E-state index in [9.17, 15) is 4.79 Å². The lowest BCUT2D eigenvalue weighted by Gasteiger charge is -2.06. The summed E-state index contributed by atoms with van der Waals surface area (Å²) in [6.07, 6.45) is 0.238. The molecule has 0 fully saturated rings. The van der Waals surface area contributed by atoms with Crippen LogP contribution < -0.4 is 10.1 Å². The fourth-order valence-corrected chi connectivity index (χ4v) is 3.48. The van der Waals surface area contributed by atoms with Gasteiger partial charge in [0.1, 0.15) is 10.8 Å². The quantitative estimate of drug-likeness (QED) is 0.621. The molecule has 3 rings (SSSR count). The Hall–Kier alpha value is -2.70. The molecule has 0 atom stereocenters. The van der Waals surface area contributed by atoms with E-state index in [2.05, 4.69) is 10.3 Å². The lowest BCUT2D eigenvalue weighted by Crippen LogP contribution is -2.14. The highest BCUT2D eigenvalue weighted by Gasteiger charge is 2.10. The maximum Gasteiger partial charge on any atom is 0.230 e. The van der Waals surface area contributed by atoms with Crippen LogP contribution in [-0.4, -0.2) is 24.6 Å². The van der Waals surface area contributed by atoms with Gasteiger partial charge in [0.15, 0.2) is 0 Å². The molecule has 1 heterocycles. The molecule has 1 aromatic heterocycles. The minimum atomic E-state index is -0.0897. The number of carbonyl (C=O) groups excluding carboxylic acids is 1. The van der Waals surface area contributed by atoms with Crippen molar-refractivity contribution in [2.75, 3.05) is 19.0 Å². The zero-order valence-electron chi connectivity index (χ0n) is 15.4. The van der Waals surface area contributed by atoms with Crippen molar-refractivity contribution in [1.82, 2.24) is 4.98 Å². The number of nitrogens with one attached hydrogen (secondary N) is 1. The molecule has 2 aromatic carbocycles. The Balaban J connectivity index is 1.61. The molecule has 0 spiro atoms. The number of rotatable bonds is 8. The maximum absolute atomic E-state index is 12.3. The topological polar surface area (TPSA) is 60.5 Å². The van der Waals surface area contributed by atoms with Crippen molar-refractivity contribution in [2.45, 2.75) is 20.0 Å². The van der Waals surface area contributed by atoms with E-state index in [1.807, 2.05) is 60.8 Å². The summed E-state index contributed by atoms with van der Waals surface area (Å²) in [6.45, 7) is 3.12. The van der Waals surface area contributed by atoms with Crippen LogP contribution in [-0.2, 0) is 22.6 Å². The summed E-state index contributed by atoms with van der Waals surface area (Å²) in [4.78, 5) is 16.9. The third kappa shape index (κ3) is 5.39. The number of benzene rings is 2. The van der Waals surface area contributed by atoms with Crippen molar-refractivity contribution in [3.8, 4) is 16.3 Å². The average Bonchev–Trinajstić information content (AvgIpc) is 3.11. The number of ether oxygens (including phenoxy) is 2. The summed E-state index contributed by atoms with van der Waals surface area (Å²) >= 11 is 1.53. The Morgan fingerprint density at radius 3 is 2.74 bits per heavy atom. The summed E-state index contributed by atoms with van der Waals surface area (Å²) in [5, 5.41) is 5.73. The first-order chi connectivity index (χ1) is 13.2. The Morgan fingerprint density at radius 1 is 1.19 bits per heavy atom. The van der Waals surface area contributed by atoms with Gasteiger partial charge in [0.25, 0.3) is 0 Å². The fraction of sp³-hybridized carbons (Fsp3) is 0.238. The molecule has 3 aromatic rings. The van der Waals surface area contributed by atoms with Crippen molar-refractivity contribution in [2.24, 2.45) is 0 Å². The number of hydrogen-bond acceptors (Lipinski definition) is 5. The molecule has 6 heteroatoms. The van der Waals surface area contributed by atoms with E-state index in [1.54, 1.807) is 7.11 Å². The Labute approximate surface area is 163 Å². The summed E-state index contributed by atoms with van der Waals surface area (Å²) < 4.78 is 10.6. The van der Waals surface area contributed by atoms with Crippen molar-refractivity contribution in [1.29, 1.82) is 0 Å². The molecule has 27 heavy (non-hydrogen) atoms. The van der Waals surface area contributed by atoms with Gasteiger partial charge in [-0.2, -0.15) is 0 Å². The molecule has 5 nitrogen and oxygen atoms in total. The molecule has 0 saturated carbocycles. The Kier molecular flexibility index (Phi) is 6.57. The molecule has 0 unspecified atom stereocenters. The smallest absolute Gasteiger partial charge is 0.230 e. The second-order valence-corrected chi connectivity index (χ2v) is 6.82. The molecule has 1 amide bonds. The highest BCUT2D eigenvalue weighted by molar-refractivity contribution is 7.13. The van der Waals surface area contributed by atoms with Crippen LogP contribution in [0.25, 0.3) is 10.6 Å². The number of methoxy groups -OCH3 is 1. The van der Waals surface area contributed by atoms with E-state index in [1.165, 1.54) is 11.3 Å². The van der Waals surface area contributed by atoms with Gasteiger partial charge in [-0.15, -0.1) is 11.3 Å². The van der Waals surface area contributed by atoms with Gasteiger partial charge < -0.3 is 14.8 Å². The van der Waals surface area contributed by atoms with E-state index in [0.717, 1.165) is 33.3 Å². The molecule has 0 bridgehead atoms. The van der Waals surface area contributed by atoms with Crippen LogP contribution >= 0.6 is 11.3 Å². The molecule has 0 aliphatic rings. The van der Waals surface area contributed by atoms with Gasteiger partial charge in [-0.25, -0.2) is 4.98 Å². The molecule has 1 N–H and O–H groups in total. The molecule has 140 valence electrons. The van der Waals surface area contributed by atoms with E-state index >= 15 is 0 Å². The molecular weight excluding hydrogens is 360 g/mol. The summed E-state index contributed by atoms with van der Waals surface area (Å²) in [5.74, 6) is 0.751. The number of carbonyl (C=O) groups is 1. The first-order valence-corrected chi connectivity index (χ1v) is 9.61. The second-order valence-electron chi connectivity index (χ2n) is 5.96. The van der Waals surface area contributed by atoms with Crippen LogP contribution in [0.4, 0.5) is 5.69 Å². The first-order valence-electron chi connectivity index (χ1n) is 8.73. The van der Waals surface area contributed by atoms with E-state index in [4.69, 9.17) is 9.47 Å². The SMILES string of the molecule is CCOc1ccc(-c2nc(CC(=O)Nc3cccc(COC)c3)cs2)cc1. The Morgan fingerprint density at radius 2 is 2.00 bits per heavy atom. The predicted octanol–water partition coefficient (Wildman–Crippen LogP) is 4.54. The van der Waals surface area contributed by atoms with Crippen molar-refractivity contribution >= 4 is 22.9 Å². The summed E-state index contributed by atoms with van der Waals surface area (Å²) in [6, 6.07) is 15.5. The largest absolute Gasteiger partial charge is 0.494 e. The molecule has 0 saturated heterocycles. The van der Waals surface area contributed by atoms with Crippen molar-refractivity contribution < 1.29 is 14.3 Å². The number of anilines is 1. The van der Waals surface area contributed by atoms with Crippen LogP contribution in [0.1, 0.15) is 18.2 Å². The van der Waals surface area contributed by atoms with E-state index in [0.29, 0.717) is 13.2 Å². The third-order valence-electron chi connectivity index (χ3n) is 3.83. The lowest BCUT2D eigenvalue weighted by atomic mass is 10.2. The van der Waals surface area contributed by atoms with Crippen molar-refractivity contribution in [3.05, 3.63) is 65.2 Å². The van der Waals surface area contributed by atoms with Gasteiger partial charge in [-0.3, -0.25) is 4.79 Å². The highest BCUT2D eigenvalue weighted by atomic mass is 32.1. The van der Waals surface area contributed by atoms with Gasteiger partial charge in [-0.1, -0.05) is 12.1 Å². The van der Waals surface area contributed by atoms with Gasteiger partial charge in [-0.05, 0) is 48.9 Å².